The highest BCUT2D eigenvalue weighted by Crippen LogP contribution is 2.16. The number of anilines is 2. The normalized spacial score (nSPS) is 10.3. The van der Waals surface area contributed by atoms with E-state index in [4.69, 9.17) is 4.74 Å². The summed E-state index contributed by atoms with van der Waals surface area (Å²) < 4.78 is 5.40. The van der Waals surface area contributed by atoms with Crippen LogP contribution in [0.4, 0.5) is 11.4 Å². The molecule has 0 aliphatic heterocycles. The number of hydrogen-bond donors (Lipinski definition) is 2. The first-order valence-electron chi connectivity index (χ1n) is 9.52. The van der Waals surface area contributed by atoms with Crippen LogP contribution in [0.25, 0.3) is 0 Å². The molecular weight excluding hydrogens is 350 g/mol. The second-order valence-corrected chi connectivity index (χ2v) is 6.36. The van der Waals surface area contributed by atoms with E-state index >= 15 is 0 Å². The molecule has 2 aromatic carbocycles. The van der Waals surface area contributed by atoms with Crippen LogP contribution in [-0.2, 0) is 6.42 Å². The molecule has 28 heavy (non-hydrogen) atoms. The average Bonchev–Trinajstić information content (AvgIpc) is 2.74. The van der Waals surface area contributed by atoms with E-state index in [1.54, 1.807) is 12.3 Å². The van der Waals surface area contributed by atoms with E-state index in [0.717, 1.165) is 30.8 Å². The molecule has 5 heteroatoms. The van der Waals surface area contributed by atoms with E-state index in [2.05, 4.69) is 39.9 Å². The van der Waals surface area contributed by atoms with Crippen LogP contribution in [0, 0.1) is 0 Å². The van der Waals surface area contributed by atoms with Crippen molar-refractivity contribution in [2.45, 2.75) is 19.8 Å². The zero-order valence-electron chi connectivity index (χ0n) is 16.0. The third-order valence-corrected chi connectivity index (χ3v) is 4.23. The fourth-order valence-corrected chi connectivity index (χ4v) is 2.80. The van der Waals surface area contributed by atoms with Gasteiger partial charge in [-0.1, -0.05) is 30.3 Å². The molecule has 0 aliphatic rings. The van der Waals surface area contributed by atoms with Crippen LogP contribution in [0.15, 0.2) is 72.9 Å². The topological polar surface area (TPSA) is 63.2 Å². The van der Waals surface area contributed by atoms with Gasteiger partial charge in [-0.3, -0.25) is 4.79 Å². The number of aromatic nitrogens is 1. The van der Waals surface area contributed by atoms with Crippen molar-refractivity contribution in [3.63, 3.8) is 0 Å². The lowest BCUT2D eigenvalue weighted by Gasteiger charge is -2.08. The first kappa shape index (κ1) is 19.4. The summed E-state index contributed by atoms with van der Waals surface area (Å²) >= 11 is 0. The fraction of sp³-hybridized carbons (Fsp3) is 0.217. The number of pyridine rings is 1. The molecule has 3 rings (SSSR count). The minimum absolute atomic E-state index is 0.236. The Balaban J connectivity index is 1.45. The summed E-state index contributed by atoms with van der Waals surface area (Å²) in [6.45, 7) is 3.40. The maximum absolute atomic E-state index is 12.3. The van der Waals surface area contributed by atoms with Crippen molar-refractivity contribution in [2.75, 3.05) is 23.8 Å². The van der Waals surface area contributed by atoms with E-state index in [1.807, 2.05) is 43.3 Å². The Hall–Kier alpha value is -3.34. The Kier molecular flexibility index (Phi) is 7.01. The summed E-state index contributed by atoms with van der Waals surface area (Å²) in [5.74, 6) is 0.543. The number of ether oxygens (including phenoxy) is 1. The summed E-state index contributed by atoms with van der Waals surface area (Å²) in [5, 5.41) is 6.18. The van der Waals surface area contributed by atoms with Crippen LogP contribution in [0.1, 0.15) is 29.4 Å². The average molecular weight is 375 g/mol. The Morgan fingerprint density at radius 3 is 2.39 bits per heavy atom. The van der Waals surface area contributed by atoms with E-state index in [9.17, 15) is 4.79 Å². The van der Waals surface area contributed by atoms with Gasteiger partial charge in [-0.05, 0) is 61.7 Å². The van der Waals surface area contributed by atoms with Gasteiger partial charge in [0.2, 0.25) is 0 Å². The van der Waals surface area contributed by atoms with E-state index in [1.165, 1.54) is 5.56 Å². The predicted molar refractivity (Wildman–Crippen MR) is 113 cm³/mol. The predicted octanol–water partition coefficient (Wildman–Crippen LogP) is 4.78. The molecule has 0 fully saturated rings. The molecule has 3 aromatic rings. The highest BCUT2D eigenvalue weighted by atomic mass is 16.5. The fourth-order valence-electron chi connectivity index (χ4n) is 2.80. The second kappa shape index (κ2) is 10.1. The Labute approximate surface area is 165 Å². The molecule has 1 amide bonds. The van der Waals surface area contributed by atoms with Gasteiger partial charge in [0.25, 0.3) is 5.91 Å². The van der Waals surface area contributed by atoms with Gasteiger partial charge in [0.05, 0.1) is 18.5 Å². The number of amides is 1. The standard InChI is InChI=1S/C23H25N3O2/c1-2-28-21-13-10-19(11-14-21)26-23(27)22-15-12-20(17-25-22)24-16-6-9-18-7-4-3-5-8-18/h3-5,7-8,10-15,17,24H,2,6,9,16H2,1H3,(H,26,27). The largest absolute Gasteiger partial charge is 0.494 e. The summed E-state index contributed by atoms with van der Waals surface area (Å²) in [5.41, 5.74) is 3.33. The van der Waals surface area contributed by atoms with Gasteiger partial charge in [-0.15, -0.1) is 0 Å². The lowest BCUT2D eigenvalue weighted by Crippen LogP contribution is -2.14. The first-order chi connectivity index (χ1) is 13.7. The molecule has 1 aromatic heterocycles. The Bertz CT molecular complexity index is 863. The minimum Gasteiger partial charge on any atom is -0.494 e. The van der Waals surface area contributed by atoms with Crippen molar-refractivity contribution >= 4 is 17.3 Å². The molecule has 0 aliphatic carbocycles. The summed E-state index contributed by atoms with van der Waals surface area (Å²) in [7, 11) is 0. The van der Waals surface area contributed by atoms with Crippen LogP contribution < -0.4 is 15.4 Å². The lowest BCUT2D eigenvalue weighted by atomic mass is 10.1. The van der Waals surface area contributed by atoms with Crippen LogP contribution in [0.3, 0.4) is 0 Å². The van der Waals surface area contributed by atoms with Crippen molar-refractivity contribution in [2.24, 2.45) is 0 Å². The number of nitrogens with zero attached hydrogens (tertiary/aromatic N) is 1. The molecule has 0 radical (unpaired) electrons. The van der Waals surface area contributed by atoms with Crippen LogP contribution in [0.2, 0.25) is 0 Å². The highest BCUT2D eigenvalue weighted by molar-refractivity contribution is 6.02. The Morgan fingerprint density at radius 2 is 1.71 bits per heavy atom. The maximum Gasteiger partial charge on any atom is 0.274 e. The minimum atomic E-state index is -0.236. The Morgan fingerprint density at radius 1 is 0.964 bits per heavy atom. The van der Waals surface area contributed by atoms with Gasteiger partial charge in [0, 0.05) is 12.2 Å². The number of aryl methyl sites for hydroxylation is 1. The van der Waals surface area contributed by atoms with Crippen molar-refractivity contribution in [3.8, 4) is 5.75 Å². The van der Waals surface area contributed by atoms with Crippen molar-refractivity contribution in [1.82, 2.24) is 4.98 Å². The van der Waals surface area contributed by atoms with Gasteiger partial charge < -0.3 is 15.4 Å². The quantitative estimate of drug-likeness (QED) is 0.529. The first-order valence-corrected chi connectivity index (χ1v) is 9.52. The van der Waals surface area contributed by atoms with Crippen molar-refractivity contribution < 1.29 is 9.53 Å². The van der Waals surface area contributed by atoms with Gasteiger partial charge >= 0.3 is 0 Å². The maximum atomic E-state index is 12.3. The van der Waals surface area contributed by atoms with E-state index in [0.29, 0.717) is 18.0 Å². The summed E-state index contributed by atoms with van der Waals surface area (Å²) in [6.07, 6.45) is 3.75. The monoisotopic (exact) mass is 375 g/mol. The molecule has 2 N–H and O–H groups in total. The second-order valence-electron chi connectivity index (χ2n) is 6.36. The molecule has 0 saturated heterocycles. The van der Waals surface area contributed by atoms with Gasteiger partial charge in [-0.25, -0.2) is 4.98 Å². The third-order valence-electron chi connectivity index (χ3n) is 4.23. The van der Waals surface area contributed by atoms with Crippen LogP contribution in [-0.4, -0.2) is 24.0 Å². The molecule has 0 spiro atoms. The van der Waals surface area contributed by atoms with Crippen molar-refractivity contribution in [3.05, 3.63) is 84.2 Å². The van der Waals surface area contributed by atoms with E-state index < -0.39 is 0 Å². The highest BCUT2D eigenvalue weighted by Gasteiger charge is 2.08. The molecule has 144 valence electrons. The molecular formula is C23H25N3O2. The lowest BCUT2D eigenvalue weighted by molar-refractivity contribution is 0.102. The molecule has 1 heterocycles. The number of carbonyl (C=O) groups is 1. The number of nitrogens with one attached hydrogen (secondary N) is 2. The number of carbonyl (C=O) groups excluding carboxylic acids is 1. The number of benzene rings is 2. The van der Waals surface area contributed by atoms with Gasteiger partial charge in [0.15, 0.2) is 0 Å². The SMILES string of the molecule is CCOc1ccc(NC(=O)c2ccc(NCCCc3ccccc3)cn2)cc1. The smallest absolute Gasteiger partial charge is 0.274 e. The number of hydrogen-bond acceptors (Lipinski definition) is 4. The van der Waals surface area contributed by atoms with Crippen molar-refractivity contribution in [1.29, 1.82) is 0 Å². The van der Waals surface area contributed by atoms with Gasteiger partial charge in [0.1, 0.15) is 11.4 Å². The third kappa shape index (κ3) is 5.84. The zero-order valence-corrected chi connectivity index (χ0v) is 16.0. The zero-order chi connectivity index (χ0) is 19.6. The van der Waals surface area contributed by atoms with Crippen LogP contribution >= 0.6 is 0 Å². The molecule has 0 bridgehead atoms. The number of rotatable bonds is 9. The summed E-state index contributed by atoms with van der Waals surface area (Å²) in [4.78, 5) is 16.6. The molecule has 0 saturated carbocycles. The molecule has 5 nitrogen and oxygen atoms in total. The molecule has 0 unspecified atom stereocenters. The van der Waals surface area contributed by atoms with E-state index in [-0.39, 0.29) is 5.91 Å². The summed E-state index contributed by atoms with van der Waals surface area (Å²) in [6, 6.07) is 21.3. The molecule has 0 atom stereocenters. The van der Waals surface area contributed by atoms with Gasteiger partial charge in [-0.2, -0.15) is 0 Å². The van der Waals surface area contributed by atoms with Crippen LogP contribution in [0.5, 0.6) is 5.75 Å².